The summed E-state index contributed by atoms with van der Waals surface area (Å²) in [6, 6.07) is 7.73. The highest BCUT2D eigenvalue weighted by Crippen LogP contribution is 2.17. The van der Waals surface area contributed by atoms with Crippen molar-refractivity contribution >= 4 is 11.6 Å². The number of hydrogen-bond donors (Lipinski definition) is 2. The van der Waals surface area contributed by atoms with Crippen LogP contribution in [0.1, 0.15) is 10.4 Å². The van der Waals surface area contributed by atoms with Crippen molar-refractivity contribution in [3.05, 3.63) is 29.8 Å². The zero-order valence-corrected chi connectivity index (χ0v) is 12.7. The van der Waals surface area contributed by atoms with E-state index in [-0.39, 0.29) is 5.91 Å². The van der Waals surface area contributed by atoms with Crippen molar-refractivity contribution in [1.82, 2.24) is 10.2 Å². The number of benzene rings is 1. The van der Waals surface area contributed by atoms with Gasteiger partial charge in [0.05, 0.1) is 19.3 Å². The van der Waals surface area contributed by atoms with Gasteiger partial charge in [0.1, 0.15) is 0 Å². The van der Waals surface area contributed by atoms with Crippen LogP contribution in [0.2, 0.25) is 0 Å². The van der Waals surface area contributed by atoms with E-state index in [4.69, 9.17) is 4.74 Å². The molecular weight excluding hydrogens is 282 g/mol. The van der Waals surface area contributed by atoms with Crippen LogP contribution >= 0.6 is 0 Å². The lowest BCUT2D eigenvalue weighted by atomic mass is 10.1. The number of aliphatic hydroxyl groups excluding tert-OH is 1. The minimum absolute atomic E-state index is 0.0173. The third kappa shape index (κ3) is 3.58. The van der Waals surface area contributed by atoms with Crippen LogP contribution in [0.15, 0.2) is 24.3 Å². The highest BCUT2D eigenvalue weighted by atomic mass is 16.5. The van der Waals surface area contributed by atoms with Gasteiger partial charge in [-0.25, -0.2) is 0 Å². The summed E-state index contributed by atoms with van der Waals surface area (Å²) in [5.41, 5.74) is 1.79. The molecular formula is C16H23N3O3. The molecule has 2 saturated heterocycles. The number of amides is 1. The van der Waals surface area contributed by atoms with Gasteiger partial charge in [-0.05, 0) is 24.3 Å². The van der Waals surface area contributed by atoms with Crippen molar-refractivity contribution in [2.24, 2.45) is 0 Å². The first-order valence-corrected chi connectivity index (χ1v) is 7.85. The van der Waals surface area contributed by atoms with Gasteiger partial charge in [0, 0.05) is 50.5 Å². The minimum atomic E-state index is -0.501. The summed E-state index contributed by atoms with van der Waals surface area (Å²) in [5.74, 6) is -0.0173. The predicted molar refractivity (Wildman–Crippen MR) is 84.3 cm³/mol. The third-order valence-corrected chi connectivity index (χ3v) is 4.15. The number of aliphatic hydroxyl groups is 1. The smallest absolute Gasteiger partial charge is 0.253 e. The van der Waals surface area contributed by atoms with E-state index >= 15 is 0 Å². The lowest BCUT2D eigenvalue weighted by Gasteiger charge is -2.29. The van der Waals surface area contributed by atoms with Crippen molar-refractivity contribution in [2.45, 2.75) is 6.10 Å². The van der Waals surface area contributed by atoms with Crippen LogP contribution in [0.4, 0.5) is 5.69 Å². The molecule has 2 fully saturated rings. The number of nitrogens with one attached hydrogen (secondary N) is 1. The molecule has 1 amide bonds. The molecule has 1 atom stereocenters. The first-order valence-electron chi connectivity index (χ1n) is 7.85. The summed E-state index contributed by atoms with van der Waals surface area (Å²) in [5, 5.41) is 12.9. The number of carbonyl (C=O) groups is 1. The molecule has 1 aromatic rings. The number of hydrogen-bond acceptors (Lipinski definition) is 5. The van der Waals surface area contributed by atoms with Crippen LogP contribution in [-0.4, -0.2) is 74.5 Å². The molecule has 120 valence electrons. The number of rotatable bonds is 2. The zero-order chi connectivity index (χ0) is 15.4. The molecule has 22 heavy (non-hydrogen) atoms. The SMILES string of the molecule is O=C(c1ccc(N2CCOCC2)cc1)N1CCNC[C@@H](O)C1. The van der Waals surface area contributed by atoms with E-state index < -0.39 is 6.10 Å². The van der Waals surface area contributed by atoms with E-state index in [9.17, 15) is 9.90 Å². The number of morpholine rings is 1. The van der Waals surface area contributed by atoms with Gasteiger partial charge in [-0.2, -0.15) is 0 Å². The first kappa shape index (κ1) is 15.3. The maximum atomic E-state index is 12.5. The maximum Gasteiger partial charge on any atom is 0.253 e. The summed E-state index contributed by atoms with van der Waals surface area (Å²) < 4.78 is 5.35. The first-order chi connectivity index (χ1) is 10.7. The molecule has 0 bridgehead atoms. The Bertz CT molecular complexity index is 500. The average Bonchev–Trinajstić information content (AvgIpc) is 2.80. The van der Waals surface area contributed by atoms with Crippen molar-refractivity contribution in [2.75, 3.05) is 57.4 Å². The monoisotopic (exact) mass is 305 g/mol. The molecule has 2 N–H and O–H groups in total. The Labute approximate surface area is 130 Å². The average molecular weight is 305 g/mol. The largest absolute Gasteiger partial charge is 0.390 e. The molecule has 0 aliphatic carbocycles. The lowest BCUT2D eigenvalue weighted by molar-refractivity contribution is 0.0673. The molecule has 0 unspecified atom stereocenters. The fraction of sp³-hybridized carbons (Fsp3) is 0.562. The molecule has 6 heteroatoms. The van der Waals surface area contributed by atoms with Crippen molar-refractivity contribution in [1.29, 1.82) is 0 Å². The summed E-state index contributed by atoms with van der Waals surface area (Å²) in [7, 11) is 0. The van der Waals surface area contributed by atoms with Crippen molar-refractivity contribution in [3.8, 4) is 0 Å². The number of nitrogens with zero attached hydrogens (tertiary/aromatic N) is 2. The van der Waals surface area contributed by atoms with E-state index in [1.54, 1.807) is 4.90 Å². The van der Waals surface area contributed by atoms with Gasteiger partial charge in [0.25, 0.3) is 5.91 Å². The van der Waals surface area contributed by atoms with Crippen LogP contribution in [0, 0.1) is 0 Å². The second-order valence-corrected chi connectivity index (χ2v) is 5.76. The molecule has 2 aliphatic rings. The highest BCUT2D eigenvalue weighted by molar-refractivity contribution is 5.94. The molecule has 6 nitrogen and oxygen atoms in total. The topological polar surface area (TPSA) is 65.0 Å². The fourth-order valence-electron chi connectivity index (χ4n) is 2.90. The number of carbonyl (C=O) groups excluding carboxylic acids is 1. The second-order valence-electron chi connectivity index (χ2n) is 5.76. The van der Waals surface area contributed by atoms with Crippen LogP contribution in [0.25, 0.3) is 0 Å². The Balaban J connectivity index is 1.67. The summed E-state index contributed by atoms with van der Waals surface area (Å²) in [6.45, 7) is 5.54. The molecule has 2 heterocycles. The van der Waals surface area contributed by atoms with E-state index in [0.29, 0.717) is 31.7 Å². The number of anilines is 1. The summed E-state index contributed by atoms with van der Waals surface area (Å²) >= 11 is 0. The Morgan fingerprint density at radius 1 is 1.18 bits per heavy atom. The van der Waals surface area contributed by atoms with Crippen LogP contribution in [0.5, 0.6) is 0 Å². The zero-order valence-electron chi connectivity index (χ0n) is 12.7. The third-order valence-electron chi connectivity index (χ3n) is 4.15. The van der Waals surface area contributed by atoms with Gasteiger partial charge in [-0.15, -0.1) is 0 Å². The Kier molecular flexibility index (Phi) is 4.92. The van der Waals surface area contributed by atoms with Gasteiger partial charge < -0.3 is 25.0 Å². The van der Waals surface area contributed by atoms with Gasteiger partial charge in [-0.3, -0.25) is 4.79 Å². The van der Waals surface area contributed by atoms with E-state index in [1.165, 1.54) is 0 Å². The molecule has 2 aliphatic heterocycles. The predicted octanol–water partition coefficient (Wildman–Crippen LogP) is -0.0705. The fourth-order valence-corrected chi connectivity index (χ4v) is 2.90. The summed E-state index contributed by atoms with van der Waals surface area (Å²) in [4.78, 5) is 16.5. The molecule has 0 aromatic heterocycles. The molecule has 0 radical (unpaired) electrons. The molecule has 3 rings (SSSR count). The maximum absolute atomic E-state index is 12.5. The van der Waals surface area contributed by atoms with Gasteiger partial charge in [-0.1, -0.05) is 0 Å². The second kappa shape index (κ2) is 7.09. The van der Waals surface area contributed by atoms with E-state index in [0.717, 1.165) is 32.0 Å². The van der Waals surface area contributed by atoms with Gasteiger partial charge in [0.2, 0.25) is 0 Å². The highest BCUT2D eigenvalue weighted by Gasteiger charge is 2.21. The lowest BCUT2D eigenvalue weighted by Crippen LogP contribution is -2.38. The molecule has 1 aromatic carbocycles. The number of β-amino-alcohol motifs (C(OH)–C–C–N with tert-alkyl or cyclic N) is 1. The molecule has 0 spiro atoms. The Morgan fingerprint density at radius 3 is 2.64 bits per heavy atom. The van der Waals surface area contributed by atoms with E-state index in [2.05, 4.69) is 10.2 Å². The normalized spacial score (nSPS) is 23.2. The molecule has 0 saturated carbocycles. The Hall–Kier alpha value is -1.63. The summed E-state index contributed by atoms with van der Waals surface area (Å²) in [6.07, 6.45) is -0.501. The standard InChI is InChI=1S/C16H23N3O3/c20-15-11-17-5-6-19(12-15)16(21)13-1-3-14(4-2-13)18-7-9-22-10-8-18/h1-4,15,17,20H,5-12H2/t15-/m1/s1. The van der Waals surface area contributed by atoms with Gasteiger partial charge >= 0.3 is 0 Å². The van der Waals surface area contributed by atoms with Crippen LogP contribution in [-0.2, 0) is 4.74 Å². The minimum Gasteiger partial charge on any atom is -0.390 e. The number of ether oxygens (including phenoxy) is 1. The quantitative estimate of drug-likeness (QED) is 0.801. The van der Waals surface area contributed by atoms with Crippen LogP contribution in [0.3, 0.4) is 0 Å². The Morgan fingerprint density at radius 2 is 1.91 bits per heavy atom. The van der Waals surface area contributed by atoms with Crippen LogP contribution < -0.4 is 10.2 Å². The van der Waals surface area contributed by atoms with Gasteiger partial charge in [0.15, 0.2) is 0 Å². The van der Waals surface area contributed by atoms with Crippen molar-refractivity contribution < 1.29 is 14.6 Å². The van der Waals surface area contributed by atoms with E-state index in [1.807, 2.05) is 24.3 Å². The van der Waals surface area contributed by atoms with Crippen molar-refractivity contribution in [3.63, 3.8) is 0 Å².